The van der Waals surface area contributed by atoms with Crippen molar-refractivity contribution >= 4 is 5.97 Å². The molecule has 1 aliphatic rings. The summed E-state index contributed by atoms with van der Waals surface area (Å²) in [5.41, 5.74) is 1.32. The molecule has 1 saturated heterocycles. The van der Waals surface area contributed by atoms with Crippen molar-refractivity contribution < 1.29 is 27.4 Å². The molecule has 7 heteroatoms. The van der Waals surface area contributed by atoms with Gasteiger partial charge in [0.2, 0.25) is 0 Å². The van der Waals surface area contributed by atoms with Gasteiger partial charge in [-0.25, -0.2) is 0 Å². The quantitative estimate of drug-likeness (QED) is 0.623. The van der Waals surface area contributed by atoms with Crippen LogP contribution in [-0.2, 0) is 22.3 Å². The second-order valence-corrected chi connectivity index (χ2v) is 7.74. The Morgan fingerprint density at radius 3 is 2.27 bits per heavy atom. The van der Waals surface area contributed by atoms with Gasteiger partial charge in [-0.3, -0.25) is 9.69 Å². The SMILES string of the molecule is COC(=O)CC1CC(c2ccc(OC)cc2)CN(Cc2ccc(C(F)(F)F)cc2)C1. The summed E-state index contributed by atoms with van der Waals surface area (Å²) in [7, 11) is 3.00. The Balaban J connectivity index is 1.75. The molecule has 0 aromatic heterocycles. The van der Waals surface area contributed by atoms with Crippen LogP contribution in [0.5, 0.6) is 5.75 Å². The van der Waals surface area contributed by atoms with Gasteiger partial charge < -0.3 is 9.47 Å². The molecule has 0 spiro atoms. The summed E-state index contributed by atoms with van der Waals surface area (Å²) in [5, 5.41) is 0. The molecule has 2 atom stereocenters. The van der Waals surface area contributed by atoms with Gasteiger partial charge in [0.15, 0.2) is 0 Å². The smallest absolute Gasteiger partial charge is 0.416 e. The number of benzene rings is 2. The van der Waals surface area contributed by atoms with E-state index in [2.05, 4.69) is 4.90 Å². The molecular weight excluding hydrogens is 395 g/mol. The van der Waals surface area contributed by atoms with E-state index in [1.165, 1.54) is 19.2 Å². The monoisotopic (exact) mass is 421 g/mol. The maximum Gasteiger partial charge on any atom is 0.416 e. The van der Waals surface area contributed by atoms with Crippen molar-refractivity contribution in [2.75, 3.05) is 27.3 Å². The van der Waals surface area contributed by atoms with Crippen LogP contribution in [0, 0.1) is 5.92 Å². The highest BCUT2D eigenvalue weighted by Gasteiger charge is 2.31. The van der Waals surface area contributed by atoms with E-state index in [0.29, 0.717) is 19.5 Å². The minimum absolute atomic E-state index is 0.118. The summed E-state index contributed by atoms with van der Waals surface area (Å²) in [6.45, 7) is 2.00. The van der Waals surface area contributed by atoms with Gasteiger partial charge in [-0.05, 0) is 53.6 Å². The molecule has 2 unspecified atom stereocenters. The van der Waals surface area contributed by atoms with Crippen LogP contribution in [0.15, 0.2) is 48.5 Å². The molecule has 1 fully saturated rings. The third kappa shape index (κ3) is 5.75. The lowest BCUT2D eigenvalue weighted by atomic mass is 9.83. The molecule has 1 aliphatic heterocycles. The van der Waals surface area contributed by atoms with Crippen LogP contribution < -0.4 is 4.74 Å². The fourth-order valence-corrected chi connectivity index (χ4v) is 4.07. The molecule has 2 aromatic carbocycles. The minimum Gasteiger partial charge on any atom is -0.497 e. The van der Waals surface area contributed by atoms with Crippen molar-refractivity contribution in [2.24, 2.45) is 5.92 Å². The molecule has 30 heavy (non-hydrogen) atoms. The van der Waals surface area contributed by atoms with Gasteiger partial charge in [0.1, 0.15) is 5.75 Å². The third-order valence-electron chi connectivity index (χ3n) is 5.57. The lowest BCUT2D eigenvalue weighted by Crippen LogP contribution is -2.40. The number of alkyl halides is 3. The van der Waals surface area contributed by atoms with Gasteiger partial charge in [0.25, 0.3) is 0 Å². The maximum absolute atomic E-state index is 12.8. The van der Waals surface area contributed by atoms with Crippen LogP contribution in [0.3, 0.4) is 0 Å². The minimum atomic E-state index is -4.34. The van der Waals surface area contributed by atoms with E-state index in [4.69, 9.17) is 9.47 Å². The standard InChI is InChI=1S/C23H26F3NO3/c1-29-21-9-5-18(6-10-21)19-11-17(12-22(28)30-2)14-27(15-19)13-16-3-7-20(8-4-16)23(24,25)26/h3-10,17,19H,11-15H2,1-2H3. The highest BCUT2D eigenvalue weighted by molar-refractivity contribution is 5.69. The number of nitrogens with zero attached hydrogens (tertiary/aromatic N) is 1. The van der Waals surface area contributed by atoms with Crippen LogP contribution in [0.2, 0.25) is 0 Å². The second-order valence-electron chi connectivity index (χ2n) is 7.74. The van der Waals surface area contributed by atoms with Crippen molar-refractivity contribution in [2.45, 2.75) is 31.5 Å². The Bertz CT molecular complexity index is 834. The summed E-state index contributed by atoms with van der Waals surface area (Å²) in [6.07, 6.45) is -3.16. The number of piperidine rings is 1. The first kappa shape index (κ1) is 22.2. The number of hydrogen-bond acceptors (Lipinski definition) is 4. The van der Waals surface area contributed by atoms with E-state index < -0.39 is 11.7 Å². The summed E-state index contributed by atoms with van der Waals surface area (Å²) < 4.78 is 48.5. The van der Waals surface area contributed by atoms with Crippen LogP contribution in [0.4, 0.5) is 13.2 Å². The molecule has 3 rings (SSSR count). The molecule has 2 aromatic rings. The molecular formula is C23H26F3NO3. The first-order valence-electron chi connectivity index (χ1n) is 9.87. The van der Waals surface area contributed by atoms with Gasteiger partial charge in [-0.1, -0.05) is 24.3 Å². The number of rotatable bonds is 6. The van der Waals surface area contributed by atoms with Crippen molar-refractivity contribution in [1.29, 1.82) is 0 Å². The lowest BCUT2D eigenvalue weighted by molar-refractivity contribution is -0.142. The van der Waals surface area contributed by atoms with Crippen LogP contribution >= 0.6 is 0 Å². The van der Waals surface area contributed by atoms with Crippen molar-refractivity contribution in [3.05, 3.63) is 65.2 Å². The first-order valence-corrected chi connectivity index (χ1v) is 9.87. The van der Waals surface area contributed by atoms with E-state index in [0.717, 1.165) is 42.0 Å². The summed E-state index contributed by atoms with van der Waals surface area (Å²) in [6, 6.07) is 13.2. The van der Waals surface area contributed by atoms with Gasteiger partial charge >= 0.3 is 12.1 Å². The van der Waals surface area contributed by atoms with E-state index in [-0.39, 0.29) is 17.8 Å². The Hall–Kier alpha value is -2.54. The zero-order chi connectivity index (χ0) is 21.7. The zero-order valence-electron chi connectivity index (χ0n) is 17.1. The average Bonchev–Trinajstić information content (AvgIpc) is 2.73. The van der Waals surface area contributed by atoms with Crippen LogP contribution in [0.25, 0.3) is 0 Å². The van der Waals surface area contributed by atoms with E-state index >= 15 is 0 Å². The Kier molecular flexibility index (Phi) is 7.02. The van der Waals surface area contributed by atoms with E-state index in [9.17, 15) is 18.0 Å². The number of carbonyl (C=O) groups excluding carboxylic acids is 1. The van der Waals surface area contributed by atoms with Crippen molar-refractivity contribution in [3.63, 3.8) is 0 Å². The normalized spacial score (nSPS) is 20.0. The number of ether oxygens (including phenoxy) is 2. The number of carbonyl (C=O) groups is 1. The lowest BCUT2D eigenvalue weighted by Gasteiger charge is -2.38. The zero-order valence-corrected chi connectivity index (χ0v) is 17.1. The number of esters is 1. The number of halogens is 3. The predicted octanol–water partition coefficient (Wildman–Crippen LogP) is 4.88. The topological polar surface area (TPSA) is 38.8 Å². The number of hydrogen-bond donors (Lipinski definition) is 0. The van der Waals surface area contributed by atoms with Crippen LogP contribution in [-0.4, -0.2) is 38.2 Å². The number of methoxy groups -OCH3 is 2. The summed E-state index contributed by atoms with van der Waals surface area (Å²) >= 11 is 0. The predicted molar refractivity (Wildman–Crippen MR) is 107 cm³/mol. The van der Waals surface area contributed by atoms with Crippen molar-refractivity contribution in [1.82, 2.24) is 4.90 Å². The Labute approximate surface area is 174 Å². The molecule has 4 nitrogen and oxygen atoms in total. The second kappa shape index (κ2) is 9.51. The Morgan fingerprint density at radius 1 is 1.03 bits per heavy atom. The summed E-state index contributed by atoms with van der Waals surface area (Å²) in [5.74, 6) is 0.869. The molecule has 0 saturated carbocycles. The molecule has 0 amide bonds. The molecule has 1 heterocycles. The Morgan fingerprint density at radius 2 is 1.70 bits per heavy atom. The van der Waals surface area contributed by atoms with Crippen molar-refractivity contribution in [3.8, 4) is 5.75 Å². The van der Waals surface area contributed by atoms with Gasteiger partial charge in [-0.15, -0.1) is 0 Å². The van der Waals surface area contributed by atoms with E-state index in [1.54, 1.807) is 7.11 Å². The highest BCUT2D eigenvalue weighted by atomic mass is 19.4. The van der Waals surface area contributed by atoms with Gasteiger partial charge in [0, 0.05) is 26.1 Å². The maximum atomic E-state index is 12.8. The van der Waals surface area contributed by atoms with Gasteiger partial charge in [0.05, 0.1) is 19.8 Å². The molecule has 0 N–H and O–H groups in total. The van der Waals surface area contributed by atoms with E-state index in [1.807, 2.05) is 24.3 Å². The fourth-order valence-electron chi connectivity index (χ4n) is 4.07. The summed E-state index contributed by atoms with van der Waals surface area (Å²) in [4.78, 5) is 14.0. The van der Waals surface area contributed by atoms with Gasteiger partial charge in [-0.2, -0.15) is 13.2 Å². The molecule has 162 valence electrons. The fraction of sp³-hybridized carbons (Fsp3) is 0.435. The number of likely N-dealkylation sites (tertiary alicyclic amines) is 1. The third-order valence-corrected chi connectivity index (χ3v) is 5.57. The molecule has 0 bridgehead atoms. The molecule has 0 aliphatic carbocycles. The van der Waals surface area contributed by atoms with Crippen LogP contribution in [0.1, 0.15) is 35.4 Å². The first-order chi connectivity index (χ1) is 14.3. The average molecular weight is 421 g/mol. The largest absolute Gasteiger partial charge is 0.497 e. The molecule has 0 radical (unpaired) electrons. The highest BCUT2D eigenvalue weighted by Crippen LogP contribution is 2.34.